The smallest absolute Gasteiger partial charge is 0.324 e. The number of hydrogen-bond donors (Lipinski definition) is 0. The molecule has 1 atom stereocenters. The third-order valence-electron chi connectivity index (χ3n) is 6.50. The molecular weight excluding hydrogens is 356 g/mol. The van der Waals surface area contributed by atoms with E-state index in [-0.39, 0.29) is 6.42 Å². The fourth-order valence-electron chi connectivity index (χ4n) is 5.40. The summed E-state index contributed by atoms with van der Waals surface area (Å²) in [6.45, 7) is 0. The third kappa shape index (κ3) is 2.19. The van der Waals surface area contributed by atoms with Gasteiger partial charge >= 0.3 is 11.9 Å². The Morgan fingerprint density at radius 1 is 0.893 bits per heavy atom. The zero-order chi connectivity index (χ0) is 19.9. The summed E-state index contributed by atoms with van der Waals surface area (Å²) < 4.78 is 15.8. The molecule has 0 bridgehead atoms. The number of carbonyl (C=O) groups excluding carboxylic acids is 2. The predicted octanol–water partition coefficient (Wildman–Crippen LogP) is 3.21. The molecule has 5 heteroatoms. The van der Waals surface area contributed by atoms with Gasteiger partial charge in [-0.05, 0) is 53.6 Å². The molecule has 0 amide bonds. The highest BCUT2D eigenvalue weighted by Gasteiger charge is 2.69. The molecule has 28 heavy (non-hydrogen) atoms. The maximum Gasteiger partial charge on any atom is 0.324 e. The van der Waals surface area contributed by atoms with Crippen LogP contribution in [0.1, 0.15) is 35.1 Å². The van der Waals surface area contributed by atoms with Gasteiger partial charge in [0.15, 0.2) is 5.41 Å². The zero-order valence-electron chi connectivity index (χ0n) is 16.4. The molecular formula is C23H24O5. The van der Waals surface area contributed by atoms with Crippen LogP contribution in [0.4, 0.5) is 0 Å². The van der Waals surface area contributed by atoms with E-state index in [9.17, 15) is 9.59 Å². The van der Waals surface area contributed by atoms with Crippen molar-refractivity contribution in [3.05, 3.63) is 64.7 Å². The lowest BCUT2D eigenvalue weighted by atomic mass is 9.54. The van der Waals surface area contributed by atoms with Crippen LogP contribution < -0.4 is 4.74 Å². The van der Waals surface area contributed by atoms with Crippen LogP contribution in [0.5, 0.6) is 5.75 Å². The van der Waals surface area contributed by atoms with Crippen molar-refractivity contribution >= 4 is 11.9 Å². The second-order valence-electron chi connectivity index (χ2n) is 7.50. The van der Waals surface area contributed by atoms with Crippen LogP contribution in [0.2, 0.25) is 0 Å². The molecule has 0 aromatic heterocycles. The molecule has 0 heterocycles. The van der Waals surface area contributed by atoms with Crippen molar-refractivity contribution < 1.29 is 23.8 Å². The molecule has 146 valence electrons. The molecule has 0 fully saturated rings. The van der Waals surface area contributed by atoms with Crippen LogP contribution in [0.25, 0.3) is 0 Å². The first kappa shape index (κ1) is 18.5. The lowest BCUT2D eigenvalue weighted by Gasteiger charge is -2.46. The summed E-state index contributed by atoms with van der Waals surface area (Å²) in [6, 6.07) is 13.8. The van der Waals surface area contributed by atoms with Crippen LogP contribution in [0.3, 0.4) is 0 Å². The maximum absolute atomic E-state index is 13.3. The first-order valence-electron chi connectivity index (χ1n) is 9.47. The summed E-state index contributed by atoms with van der Waals surface area (Å²) in [5, 5.41) is 0. The topological polar surface area (TPSA) is 61.8 Å². The highest BCUT2D eigenvalue weighted by atomic mass is 16.5. The van der Waals surface area contributed by atoms with Gasteiger partial charge in [0.25, 0.3) is 0 Å². The average Bonchev–Trinajstić information content (AvgIpc) is 3.04. The fourth-order valence-corrected chi connectivity index (χ4v) is 5.40. The molecule has 0 saturated heterocycles. The van der Waals surface area contributed by atoms with E-state index in [1.165, 1.54) is 14.2 Å². The molecule has 0 aliphatic heterocycles. The van der Waals surface area contributed by atoms with Crippen LogP contribution in [-0.4, -0.2) is 33.3 Å². The number of rotatable bonds is 3. The van der Waals surface area contributed by atoms with E-state index in [1.54, 1.807) is 7.11 Å². The van der Waals surface area contributed by atoms with Gasteiger partial charge in [-0.25, -0.2) is 0 Å². The molecule has 2 aromatic rings. The van der Waals surface area contributed by atoms with Gasteiger partial charge in [-0.3, -0.25) is 9.59 Å². The Bertz CT molecular complexity index is 932. The normalized spacial score (nSPS) is 21.5. The summed E-state index contributed by atoms with van der Waals surface area (Å²) in [6.07, 6.45) is 2.67. The summed E-state index contributed by atoms with van der Waals surface area (Å²) in [7, 11) is 4.31. The fraction of sp³-hybridized carbons (Fsp3) is 0.391. The molecule has 1 spiro atoms. The van der Waals surface area contributed by atoms with E-state index in [2.05, 4.69) is 0 Å². The quantitative estimate of drug-likeness (QED) is 0.604. The van der Waals surface area contributed by atoms with Crippen molar-refractivity contribution in [1.82, 2.24) is 0 Å². The molecule has 0 N–H and O–H groups in total. The minimum atomic E-state index is -1.44. The van der Waals surface area contributed by atoms with E-state index in [0.717, 1.165) is 40.8 Å². The number of esters is 2. The van der Waals surface area contributed by atoms with Gasteiger partial charge in [0.2, 0.25) is 0 Å². The second kappa shape index (κ2) is 6.66. The van der Waals surface area contributed by atoms with Gasteiger partial charge in [-0.2, -0.15) is 0 Å². The molecule has 1 unspecified atom stereocenters. The second-order valence-corrected chi connectivity index (χ2v) is 7.50. The lowest BCUT2D eigenvalue weighted by molar-refractivity contribution is -0.173. The Balaban J connectivity index is 2.09. The number of ether oxygens (including phenoxy) is 3. The maximum atomic E-state index is 13.3. The van der Waals surface area contributed by atoms with Gasteiger partial charge in [0.1, 0.15) is 5.75 Å². The zero-order valence-corrected chi connectivity index (χ0v) is 16.4. The van der Waals surface area contributed by atoms with Gasteiger partial charge in [-0.15, -0.1) is 0 Å². The number of fused-ring (bicyclic) bond motifs is 4. The van der Waals surface area contributed by atoms with Gasteiger partial charge < -0.3 is 14.2 Å². The average molecular weight is 380 g/mol. The van der Waals surface area contributed by atoms with Gasteiger partial charge in [0, 0.05) is 11.8 Å². The molecule has 2 aliphatic rings. The van der Waals surface area contributed by atoms with Crippen molar-refractivity contribution in [1.29, 1.82) is 0 Å². The number of hydrogen-bond acceptors (Lipinski definition) is 5. The summed E-state index contributed by atoms with van der Waals surface area (Å²) >= 11 is 0. The summed E-state index contributed by atoms with van der Waals surface area (Å²) in [5.74, 6) is -0.317. The van der Waals surface area contributed by atoms with E-state index in [4.69, 9.17) is 14.2 Å². The number of benzene rings is 2. The molecule has 5 nitrogen and oxygen atoms in total. The summed E-state index contributed by atoms with van der Waals surface area (Å²) in [4.78, 5) is 26.5. The van der Waals surface area contributed by atoms with E-state index in [1.807, 2.05) is 42.5 Å². The first-order valence-corrected chi connectivity index (χ1v) is 9.47. The van der Waals surface area contributed by atoms with Crippen molar-refractivity contribution in [2.24, 2.45) is 5.41 Å². The predicted molar refractivity (Wildman–Crippen MR) is 103 cm³/mol. The first-order chi connectivity index (χ1) is 13.5. The van der Waals surface area contributed by atoms with Crippen molar-refractivity contribution in [3.63, 3.8) is 0 Å². The number of methoxy groups -OCH3 is 3. The minimum absolute atomic E-state index is 0.272. The Labute approximate surface area is 164 Å². The van der Waals surface area contributed by atoms with Crippen LogP contribution in [0, 0.1) is 5.41 Å². The van der Waals surface area contributed by atoms with Crippen molar-refractivity contribution in [2.75, 3.05) is 21.3 Å². The van der Waals surface area contributed by atoms with Gasteiger partial charge in [-0.1, -0.05) is 30.3 Å². The standard InChI is InChI=1S/C23H24O5/c1-26-17-10-11-19-15(13-17)8-6-12-22(19)18-9-5-4-7-16(18)14-23(22,20(24)27-2)21(25)28-3/h4-5,7,9-11,13H,6,8,12,14H2,1-3H3. The Hall–Kier alpha value is -2.82. The van der Waals surface area contributed by atoms with Crippen LogP contribution >= 0.6 is 0 Å². The largest absolute Gasteiger partial charge is 0.497 e. The molecule has 0 radical (unpaired) electrons. The monoisotopic (exact) mass is 380 g/mol. The minimum Gasteiger partial charge on any atom is -0.497 e. The lowest BCUT2D eigenvalue weighted by Crippen LogP contribution is -2.56. The van der Waals surface area contributed by atoms with Crippen molar-refractivity contribution in [3.8, 4) is 5.75 Å². The van der Waals surface area contributed by atoms with E-state index >= 15 is 0 Å². The van der Waals surface area contributed by atoms with Crippen molar-refractivity contribution in [2.45, 2.75) is 31.1 Å². The molecule has 2 aliphatic carbocycles. The molecule has 2 aromatic carbocycles. The highest BCUT2D eigenvalue weighted by molar-refractivity contribution is 6.04. The SMILES string of the molecule is COC(=O)C1(C(=O)OC)Cc2ccccc2C12CCCc1cc(OC)ccc12. The number of carbonyl (C=O) groups is 2. The van der Waals surface area contributed by atoms with Gasteiger partial charge in [0.05, 0.1) is 21.3 Å². The van der Waals surface area contributed by atoms with Crippen LogP contribution in [0.15, 0.2) is 42.5 Å². The summed E-state index contributed by atoms with van der Waals surface area (Å²) in [5.41, 5.74) is 1.83. The molecule has 0 saturated carbocycles. The highest BCUT2D eigenvalue weighted by Crippen LogP contribution is 2.61. The third-order valence-corrected chi connectivity index (χ3v) is 6.50. The Morgan fingerprint density at radius 3 is 2.25 bits per heavy atom. The molecule has 4 rings (SSSR count). The van der Waals surface area contributed by atoms with E-state index < -0.39 is 22.8 Å². The van der Waals surface area contributed by atoms with E-state index in [0.29, 0.717) is 6.42 Å². The van der Waals surface area contributed by atoms with Crippen LogP contribution in [-0.2, 0) is 37.3 Å². The number of aryl methyl sites for hydroxylation is 1. The Kier molecular flexibility index (Phi) is 4.41. The Morgan fingerprint density at radius 2 is 1.57 bits per heavy atom.